The molecule has 2 aromatic carbocycles. The molecule has 22 heavy (non-hydrogen) atoms. The third kappa shape index (κ3) is 3.45. The summed E-state index contributed by atoms with van der Waals surface area (Å²) in [6.45, 7) is 1.57. The maximum absolute atomic E-state index is 11.8. The van der Waals surface area contributed by atoms with Crippen LogP contribution in [0.1, 0.15) is 22.8 Å². The minimum absolute atomic E-state index is 0.00940. The van der Waals surface area contributed by atoms with Gasteiger partial charge in [0.05, 0.1) is 16.2 Å². The fourth-order valence-electron chi connectivity index (χ4n) is 1.74. The van der Waals surface area contributed by atoms with Crippen LogP contribution in [0.4, 0.5) is 5.69 Å². The van der Waals surface area contributed by atoms with E-state index in [0.717, 1.165) is 6.07 Å². The molecule has 0 fully saturated rings. The van der Waals surface area contributed by atoms with Crippen LogP contribution in [0.3, 0.4) is 0 Å². The highest BCUT2D eigenvalue weighted by Gasteiger charge is 2.13. The number of nitrogens with zero attached hydrogens (tertiary/aromatic N) is 2. The second-order valence-corrected chi connectivity index (χ2v) is 4.38. The molecule has 2 rings (SSSR count). The molecule has 0 amide bonds. The first kappa shape index (κ1) is 15.2. The molecule has 0 aliphatic carbocycles. The standard InChI is InChI=1S/C15H12N2O5/c1-10(13-7-2-3-8-14(13)18)16-22-15(19)11-5-4-6-12(9-11)17(20)21/h2-9,18H,1H3. The summed E-state index contributed by atoms with van der Waals surface area (Å²) in [6, 6.07) is 11.6. The van der Waals surface area contributed by atoms with E-state index in [1.54, 1.807) is 25.1 Å². The Morgan fingerprint density at radius 1 is 1.23 bits per heavy atom. The van der Waals surface area contributed by atoms with Gasteiger partial charge in [-0.3, -0.25) is 10.1 Å². The van der Waals surface area contributed by atoms with Gasteiger partial charge in [0.1, 0.15) is 5.75 Å². The lowest BCUT2D eigenvalue weighted by molar-refractivity contribution is -0.384. The Morgan fingerprint density at radius 3 is 2.64 bits per heavy atom. The molecule has 0 spiro atoms. The number of oxime groups is 1. The van der Waals surface area contributed by atoms with E-state index in [2.05, 4.69) is 5.16 Å². The summed E-state index contributed by atoms with van der Waals surface area (Å²) in [7, 11) is 0. The molecular weight excluding hydrogens is 288 g/mol. The van der Waals surface area contributed by atoms with E-state index in [1.807, 2.05) is 0 Å². The largest absolute Gasteiger partial charge is 0.507 e. The van der Waals surface area contributed by atoms with Gasteiger partial charge < -0.3 is 9.94 Å². The van der Waals surface area contributed by atoms with E-state index in [-0.39, 0.29) is 17.0 Å². The van der Waals surface area contributed by atoms with E-state index in [0.29, 0.717) is 11.3 Å². The highest BCUT2D eigenvalue weighted by molar-refractivity contribution is 6.01. The lowest BCUT2D eigenvalue weighted by atomic mass is 10.1. The van der Waals surface area contributed by atoms with Crippen LogP contribution < -0.4 is 0 Å². The number of para-hydroxylation sites is 1. The number of hydrogen-bond donors (Lipinski definition) is 1. The van der Waals surface area contributed by atoms with Crippen molar-refractivity contribution in [1.82, 2.24) is 0 Å². The number of carbonyl (C=O) groups excluding carboxylic acids is 1. The van der Waals surface area contributed by atoms with Gasteiger partial charge in [-0.05, 0) is 25.1 Å². The molecule has 0 aromatic heterocycles. The van der Waals surface area contributed by atoms with Gasteiger partial charge in [-0.15, -0.1) is 0 Å². The van der Waals surface area contributed by atoms with Crippen molar-refractivity contribution in [2.24, 2.45) is 5.16 Å². The quantitative estimate of drug-likeness (QED) is 0.405. The van der Waals surface area contributed by atoms with Crippen LogP contribution in [0.2, 0.25) is 0 Å². The summed E-state index contributed by atoms with van der Waals surface area (Å²) in [4.78, 5) is 26.6. The number of benzene rings is 2. The zero-order valence-electron chi connectivity index (χ0n) is 11.6. The van der Waals surface area contributed by atoms with Gasteiger partial charge in [0.25, 0.3) is 5.69 Å². The number of rotatable bonds is 4. The molecule has 0 aliphatic rings. The van der Waals surface area contributed by atoms with Crippen LogP contribution in [0.15, 0.2) is 53.7 Å². The van der Waals surface area contributed by atoms with Crippen LogP contribution in [0.25, 0.3) is 0 Å². The van der Waals surface area contributed by atoms with Crippen LogP contribution in [0, 0.1) is 10.1 Å². The molecule has 7 heteroatoms. The van der Waals surface area contributed by atoms with Crippen LogP contribution in [-0.2, 0) is 4.84 Å². The van der Waals surface area contributed by atoms with Gasteiger partial charge >= 0.3 is 5.97 Å². The second kappa shape index (κ2) is 6.49. The molecule has 0 saturated heterocycles. The molecular formula is C15H12N2O5. The van der Waals surface area contributed by atoms with E-state index in [4.69, 9.17) is 4.84 Å². The fraction of sp³-hybridized carbons (Fsp3) is 0.0667. The molecule has 2 aromatic rings. The van der Waals surface area contributed by atoms with Crippen LogP contribution >= 0.6 is 0 Å². The molecule has 0 aliphatic heterocycles. The zero-order valence-corrected chi connectivity index (χ0v) is 11.6. The molecule has 7 nitrogen and oxygen atoms in total. The number of phenols is 1. The Bertz CT molecular complexity index is 755. The summed E-state index contributed by atoms with van der Waals surface area (Å²) in [5.74, 6) is -0.811. The molecule has 112 valence electrons. The normalized spacial score (nSPS) is 11.0. The monoisotopic (exact) mass is 300 g/mol. The number of phenolic OH excluding ortho intramolecular Hbond substituents is 1. The third-order valence-electron chi connectivity index (χ3n) is 2.85. The van der Waals surface area contributed by atoms with Gasteiger partial charge in [-0.1, -0.05) is 23.4 Å². The van der Waals surface area contributed by atoms with Crippen molar-refractivity contribution in [1.29, 1.82) is 0 Å². The molecule has 1 N–H and O–H groups in total. The third-order valence-corrected chi connectivity index (χ3v) is 2.85. The van der Waals surface area contributed by atoms with Crippen molar-refractivity contribution in [3.8, 4) is 5.75 Å². The van der Waals surface area contributed by atoms with E-state index in [1.165, 1.54) is 24.3 Å². The topological polar surface area (TPSA) is 102 Å². The zero-order chi connectivity index (χ0) is 16.1. The minimum atomic E-state index is -0.821. The molecule has 0 heterocycles. The Morgan fingerprint density at radius 2 is 1.95 bits per heavy atom. The molecule has 0 bridgehead atoms. The van der Waals surface area contributed by atoms with Gasteiger partial charge in [0, 0.05) is 17.7 Å². The van der Waals surface area contributed by atoms with Gasteiger partial charge in [-0.25, -0.2) is 4.79 Å². The molecule has 0 unspecified atom stereocenters. The maximum atomic E-state index is 11.8. The fourth-order valence-corrected chi connectivity index (χ4v) is 1.74. The average molecular weight is 300 g/mol. The molecule has 0 saturated carbocycles. The summed E-state index contributed by atoms with van der Waals surface area (Å²) in [5, 5.41) is 24.0. The number of aromatic hydroxyl groups is 1. The van der Waals surface area contributed by atoms with Crippen molar-refractivity contribution in [3.05, 3.63) is 69.8 Å². The highest BCUT2D eigenvalue weighted by Crippen LogP contribution is 2.17. The average Bonchev–Trinajstić information content (AvgIpc) is 2.52. The van der Waals surface area contributed by atoms with Gasteiger partial charge in [0.2, 0.25) is 0 Å². The van der Waals surface area contributed by atoms with Gasteiger partial charge in [0.15, 0.2) is 0 Å². The number of nitro benzene ring substituents is 1. The predicted octanol–water partition coefficient (Wildman–Crippen LogP) is 2.88. The lowest BCUT2D eigenvalue weighted by Gasteiger charge is -2.03. The number of nitro groups is 1. The minimum Gasteiger partial charge on any atom is -0.507 e. The SMILES string of the molecule is CC(=NOC(=O)c1cccc([N+](=O)[O-])c1)c1ccccc1O. The summed E-state index contributed by atoms with van der Waals surface area (Å²) in [6.07, 6.45) is 0. The summed E-state index contributed by atoms with van der Waals surface area (Å²) < 4.78 is 0. The summed E-state index contributed by atoms with van der Waals surface area (Å²) >= 11 is 0. The Balaban J connectivity index is 2.16. The maximum Gasteiger partial charge on any atom is 0.365 e. The predicted molar refractivity (Wildman–Crippen MR) is 78.8 cm³/mol. The first-order valence-electron chi connectivity index (χ1n) is 6.28. The molecule has 0 atom stereocenters. The van der Waals surface area contributed by atoms with Crippen molar-refractivity contribution in [2.75, 3.05) is 0 Å². The van der Waals surface area contributed by atoms with E-state index in [9.17, 15) is 20.0 Å². The van der Waals surface area contributed by atoms with Crippen molar-refractivity contribution >= 4 is 17.4 Å². The Labute approximate surface area is 125 Å². The first-order chi connectivity index (χ1) is 10.5. The smallest absolute Gasteiger partial charge is 0.365 e. The van der Waals surface area contributed by atoms with E-state index < -0.39 is 10.9 Å². The molecule has 0 radical (unpaired) electrons. The lowest BCUT2D eigenvalue weighted by Crippen LogP contribution is -2.04. The second-order valence-electron chi connectivity index (χ2n) is 4.38. The van der Waals surface area contributed by atoms with Gasteiger partial charge in [-0.2, -0.15) is 0 Å². The summed E-state index contributed by atoms with van der Waals surface area (Å²) in [5.41, 5.74) is 0.533. The van der Waals surface area contributed by atoms with Crippen molar-refractivity contribution < 1.29 is 19.7 Å². The van der Waals surface area contributed by atoms with Crippen molar-refractivity contribution in [3.63, 3.8) is 0 Å². The number of hydrogen-bond acceptors (Lipinski definition) is 6. The van der Waals surface area contributed by atoms with Crippen LogP contribution in [-0.4, -0.2) is 21.7 Å². The number of carbonyl (C=O) groups is 1. The first-order valence-corrected chi connectivity index (χ1v) is 6.28. The highest BCUT2D eigenvalue weighted by atomic mass is 16.7. The Kier molecular flexibility index (Phi) is 4.47. The van der Waals surface area contributed by atoms with E-state index >= 15 is 0 Å². The van der Waals surface area contributed by atoms with Crippen molar-refractivity contribution in [2.45, 2.75) is 6.92 Å². The number of non-ortho nitro benzene ring substituents is 1. The van der Waals surface area contributed by atoms with Crippen LogP contribution in [0.5, 0.6) is 5.75 Å². The Hall–Kier alpha value is -3.22.